The fourth-order valence-electron chi connectivity index (χ4n) is 3.74. The largest absolute Gasteiger partial charge is 0.497 e. The molecule has 0 N–H and O–H groups in total. The third kappa shape index (κ3) is 3.71. The molecule has 0 aliphatic carbocycles. The van der Waals surface area contributed by atoms with Crippen molar-refractivity contribution in [3.05, 3.63) is 29.8 Å². The molecule has 2 saturated heterocycles. The first kappa shape index (κ1) is 16.8. The van der Waals surface area contributed by atoms with E-state index in [0.29, 0.717) is 18.9 Å². The van der Waals surface area contributed by atoms with Gasteiger partial charge < -0.3 is 14.5 Å². The van der Waals surface area contributed by atoms with Gasteiger partial charge >= 0.3 is 0 Å². The molecule has 2 aliphatic rings. The minimum atomic E-state index is -0.138. The molecule has 2 aliphatic heterocycles. The van der Waals surface area contributed by atoms with Crippen LogP contribution in [0.4, 0.5) is 0 Å². The summed E-state index contributed by atoms with van der Waals surface area (Å²) in [6.07, 6.45) is 3.50. The molecule has 0 radical (unpaired) electrons. The van der Waals surface area contributed by atoms with E-state index in [1.165, 1.54) is 5.56 Å². The summed E-state index contributed by atoms with van der Waals surface area (Å²) in [6.45, 7) is 2.20. The van der Waals surface area contributed by atoms with Crippen LogP contribution in [0.5, 0.6) is 5.75 Å². The predicted molar refractivity (Wildman–Crippen MR) is 91.7 cm³/mol. The van der Waals surface area contributed by atoms with Crippen LogP contribution in [-0.2, 0) is 16.0 Å². The van der Waals surface area contributed by atoms with E-state index in [1.807, 2.05) is 17.0 Å². The first-order valence-corrected chi connectivity index (χ1v) is 8.72. The number of benzene rings is 1. The van der Waals surface area contributed by atoms with Crippen LogP contribution in [0.2, 0.25) is 0 Å². The van der Waals surface area contributed by atoms with Gasteiger partial charge in [-0.05, 0) is 42.9 Å². The van der Waals surface area contributed by atoms with Crippen LogP contribution in [0.15, 0.2) is 24.3 Å². The SMILES string of the molecule is COc1ccc(CC2CCN(C(=O)C3CC(=O)N(C)C3)CC2)cc1. The quantitative estimate of drug-likeness (QED) is 0.848. The molecule has 2 amide bonds. The Labute approximate surface area is 143 Å². The Morgan fingerprint density at radius 3 is 2.42 bits per heavy atom. The average molecular weight is 330 g/mol. The fraction of sp³-hybridized carbons (Fsp3) is 0.579. The molecule has 24 heavy (non-hydrogen) atoms. The van der Waals surface area contributed by atoms with E-state index in [-0.39, 0.29) is 17.7 Å². The number of ether oxygens (including phenoxy) is 1. The highest BCUT2D eigenvalue weighted by Gasteiger charge is 2.35. The van der Waals surface area contributed by atoms with Crippen molar-refractivity contribution >= 4 is 11.8 Å². The molecule has 1 unspecified atom stereocenters. The molecule has 0 spiro atoms. The van der Waals surface area contributed by atoms with Crippen molar-refractivity contribution in [2.24, 2.45) is 11.8 Å². The van der Waals surface area contributed by atoms with Crippen LogP contribution in [0.1, 0.15) is 24.8 Å². The van der Waals surface area contributed by atoms with Gasteiger partial charge in [0.15, 0.2) is 0 Å². The summed E-state index contributed by atoms with van der Waals surface area (Å²) in [5, 5.41) is 0. The van der Waals surface area contributed by atoms with Crippen molar-refractivity contribution in [3.8, 4) is 5.75 Å². The number of methoxy groups -OCH3 is 1. The molecular weight excluding hydrogens is 304 g/mol. The molecule has 2 fully saturated rings. The monoisotopic (exact) mass is 330 g/mol. The number of carbonyl (C=O) groups excluding carboxylic acids is 2. The van der Waals surface area contributed by atoms with Crippen LogP contribution in [-0.4, -0.2) is 55.4 Å². The maximum atomic E-state index is 12.6. The number of likely N-dealkylation sites (tertiary alicyclic amines) is 2. The number of hydrogen-bond acceptors (Lipinski definition) is 3. The molecule has 5 heteroatoms. The highest BCUT2D eigenvalue weighted by molar-refractivity contribution is 5.89. The van der Waals surface area contributed by atoms with Gasteiger partial charge in [-0.2, -0.15) is 0 Å². The molecule has 1 aromatic rings. The number of amides is 2. The van der Waals surface area contributed by atoms with Crippen molar-refractivity contribution in [2.75, 3.05) is 33.8 Å². The van der Waals surface area contributed by atoms with Gasteiger partial charge in [-0.15, -0.1) is 0 Å². The minimum Gasteiger partial charge on any atom is -0.497 e. The lowest BCUT2D eigenvalue weighted by molar-refractivity contribution is -0.137. The highest BCUT2D eigenvalue weighted by atomic mass is 16.5. The molecule has 130 valence electrons. The second kappa shape index (κ2) is 7.24. The zero-order chi connectivity index (χ0) is 17.1. The topological polar surface area (TPSA) is 49.9 Å². The Balaban J connectivity index is 1.48. The maximum absolute atomic E-state index is 12.6. The third-order valence-electron chi connectivity index (χ3n) is 5.30. The van der Waals surface area contributed by atoms with Crippen LogP contribution >= 0.6 is 0 Å². The first-order valence-electron chi connectivity index (χ1n) is 8.72. The summed E-state index contributed by atoms with van der Waals surface area (Å²) in [4.78, 5) is 27.8. The molecular formula is C19H26N2O3. The lowest BCUT2D eigenvalue weighted by atomic mass is 9.89. The Bertz CT molecular complexity index is 591. The van der Waals surface area contributed by atoms with Crippen LogP contribution in [0, 0.1) is 11.8 Å². The van der Waals surface area contributed by atoms with Gasteiger partial charge in [0.1, 0.15) is 5.75 Å². The van der Waals surface area contributed by atoms with Crippen molar-refractivity contribution in [3.63, 3.8) is 0 Å². The number of hydrogen-bond donors (Lipinski definition) is 0. The first-order chi connectivity index (χ1) is 11.6. The minimum absolute atomic E-state index is 0.0859. The summed E-state index contributed by atoms with van der Waals surface area (Å²) in [5.74, 6) is 1.62. The summed E-state index contributed by atoms with van der Waals surface area (Å²) in [7, 11) is 3.45. The molecule has 0 bridgehead atoms. The van der Waals surface area contributed by atoms with E-state index in [9.17, 15) is 9.59 Å². The summed E-state index contributed by atoms with van der Waals surface area (Å²) in [6, 6.07) is 8.25. The second-order valence-electron chi connectivity index (χ2n) is 7.00. The number of piperidine rings is 1. The van der Waals surface area contributed by atoms with Crippen LogP contribution in [0.3, 0.4) is 0 Å². The molecule has 0 saturated carbocycles. The standard InChI is InChI=1S/C19H26N2O3/c1-20-13-16(12-18(20)22)19(23)21-9-7-15(8-10-21)11-14-3-5-17(24-2)6-4-14/h3-6,15-16H,7-13H2,1-2H3. The number of carbonyl (C=O) groups is 2. The summed E-state index contributed by atoms with van der Waals surface area (Å²) in [5.41, 5.74) is 1.32. The zero-order valence-corrected chi connectivity index (χ0v) is 14.5. The van der Waals surface area contributed by atoms with E-state index in [1.54, 1.807) is 19.1 Å². The lowest BCUT2D eigenvalue weighted by Gasteiger charge is -2.33. The van der Waals surface area contributed by atoms with Crippen LogP contribution in [0.25, 0.3) is 0 Å². The Kier molecular flexibility index (Phi) is 5.07. The number of rotatable bonds is 4. The molecule has 0 aromatic heterocycles. The fourth-order valence-corrected chi connectivity index (χ4v) is 3.74. The van der Waals surface area contributed by atoms with E-state index in [0.717, 1.165) is 38.1 Å². The normalized spacial score (nSPS) is 22.1. The van der Waals surface area contributed by atoms with E-state index in [4.69, 9.17) is 4.74 Å². The summed E-state index contributed by atoms with van der Waals surface area (Å²) < 4.78 is 5.19. The van der Waals surface area contributed by atoms with Crippen molar-refractivity contribution in [1.29, 1.82) is 0 Å². The van der Waals surface area contributed by atoms with Gasteiger partial charge in [0.25, 0.3) is 0 Å². The van der Waals surface area contributed by atoms with Gasteiger partial charge in [-0.1, -0.05) is 12.1 Å². The smallest absolute Gasteiger partial charge is 0.227 e. The highest BCUT2D eigenvalue weighted by Crippen LogP contribution is 2.26. The zero-order valence-electron chi connectivity index (χ0n) is 14.5. The molecule has 5 nitrogen and oxygen atoms in total. The summed E-state index contributed by atoms with van der Waals surface area (Å²) >= 11 is 0. The second-order valence-corrected chi connectivity index (χ2v) is 7.00. The predicted octanol–water partition coefficient (Wildman–Crippen LogP) is 1.95. The van der Waals surface area contributed by atoms with Gasteiger partial charge in [0.05, 0.1) is 13.0 Å². The average Bonchev–Trinajstić information content (AvgIpc) is 2.95. The molecule has 3 rings (SSSR count). The van der Waals surface area contributed by atoms with Crippen molar-refractivity contribution < 1.29 is 14.3 Å². The Morgan fingerprint density at radius 2 is 1.88 bits per heavy atom. The van der Waals surface area contributed by atoms with E-state index < -0.39 is 0 Å². The molecule has 2 heterocycles. The van der Waals surface area contributed by atoms with Gasteiger partial charge in [-0.3, -0.25) is 9.59 Å². The number of nitrogens with zero attached hydrogens (tertiary/aromatic N) is 2. The molecule has 1 atom stereocenters. The van der Waals surface area contributed by atoms with Gasteiger partial charge in [-0.25, -0.2) is 0 Å². The van der Waals surface area contributed by atoms with Gasteiger partial charge in [0.2, 0.25) is 11.8 Å². The Morgan fingerprint density at radius 1 is 1.21 bits per heavy atom. The lowest BCUT2D eigenvalue weighted by Crippen LogP contribution is -2.42. The van der Waals surface area contributed by atoms with E-state index in [2.05, 4.69) is 12.1 Å². The third-order valence-corrected chi connectivity index (χ3v) is 5.30. The Hall–Kier alpha value is -2.04. The van der Waals surface area contributed by atoms with E-state index >= 15 is 0 Å². The molecule has 1 aromatic carbocycles. The maximum Gasteiger partial charge on any atom is 0.227 e. The van der Waals surface area contributed by atoms with Crippen molar-refractivity contribution in [2.45, 2.75) is 25.7 Å². The van der Waals surface area contributed by atoms with Crippen molar-refractivity contribution in [1.82, 2.24) is 9.80 Å². The van der Waals surface area contributed by atoms with Gasteiger partial charge in [0, 0.05) is 33.1 Å². The van der Waals surface area contributed by atoms with Crippen LogP contribution < -0.4 is 4.74 Å².